The van der Waals surface area contributed by atoms with Crippen molar-refractivity contribution in [1.29, 1.82) is 0 Å². The number of aromatic nitrogens is 1. The van der Waals surface area contributed by atoms with Gasteiger partial charge in [0.25, 0.3) is 0 Å². The average Bonchev–Trinajstić information content (AvgIpc) is 2.85. The van der Waals surface area contributed by atoms with Crippen molar-refractivity contribution in [3.05, 3.63) is 15.6 Å². The van der Waals surface area contributed by atoms with Crippen molar-refractivity contribution >= 4 is 11.3 Å². The Labute approximate surface area is 113 Å². The van der Waals surface area contributed by atoms with Crippen LogP contribution < -0.4 is 5.32 Å². The zero-order valence-electron chi connectivity index (χ0n) is 11.1. The Kier molecular flexibility index (Phi) is 3.97. The first-order valence-corrected chi connectivity index (χ1v) is 8.00. The summed E-state index contributed by atoms with van der Waals surface area (Å²) in [5.41, 5.74) is 1.37. The molecule has 0 bridgehead atoms. The molecule has 1 aliphatic heterocycles. The third-order valence-electron chi connectivity index (χ3n) is 3.99. The van der Waals surface area contributed by atoms with Gasteiger partial charge in [0.1, 0.15) is 0 Å². The Morgan fingerprint density at radius 3 is 2.94 bits per heavy atom. The summed E-state index contributed by atoms with van der Waals surface area (Å²) in [7, 11) is 0. The standard InChI is InChI=1S/C14H22N2OS/c1-2-15-11-4-3-5-12-13(11)18-14(16-12)10-6-8-17-9-7-10/h10-11,15H,2-9H2,1H3. The Balaban J connectivity index is 1.81. The first kappa shape index (κ1) is 12.6. The smallest absolute Gasteiger partial charge is 0.0964 e. The van der Waals surface area contributed by atoms with Gasteiger partial charge in [-0.15, -0.1) is 11.3 Å². The van der Waals surface area contributed by atoms with E-state index in [4.69, 9.17) is 9.72 Å². The third kappa shape index (κ3) is 2.46. The Bertz CT molecular complexity index is 398. The maximum atomic E-state index is 5.45. The van der Waals surface area contributed by atoms with E-state index < -0.39 is 0 Å². The summed E-state index contributed by atoms with van der Waals surface area (Å²) < 4.78 is 5.45. The summed E-state index contributed by atoms with van der Waals surface area (Å²) in [6, 6.07) is 0.560. The Morgan fingerprint density at radius 1 is 1.33 bits per heavy atom. The normalized spacial score (nSPS) is 25.1. The van der Waals surface area contributed by atoms with Gasteiger partial charge in [-0.25, -0.2) is 4.98 Å². The van der Waals surface area contributed by atoms with E-state index in [0.717, 1.165) is 32.6 Å². The van der Waals surface area contributed by atoms with Gasteiger partial charge in [-0.3, -0.25) is 0 Å². The van der Waals surface area contributed by atoms with Crippen LogP contribution >= 0.6 is 11.3 Å². The lowest BCUT2D eigenvalue weighted by molar-refractivity contribution is 0.0852. The van der Waals surface area contributed by atoms with Gasteiger partial charge in [0, 0.05) is 30.1 Å². The third-order valence-corrected chi connectivity index (χ3v) is 5.36. The number of hydrogen-bond donors (Lipinski definition) is 1. The minimum atomic E-state index is 0.560. The first-order chi connectivity index (χ1) is 8.88. The zero-order chi connectivity index (χ0) is 12.4. The molecule has 0 aromatic carbocycles. The van der Waals surface area contributed by atoms with E-state index >= 15 is 0 Å². The molecule has 2 aliphatic rings. The highest BCUT2D eigenvalue weighted by Crippen LogP contribution is 2.38. The quantitative estimate of drug-likeness (QED) is 0.913. The predicted octanol–water partition coefficient (Wildman–Crippen LogP) is 3.02. The van der Waals surface area contributed by atoms with Crippen molar-refractivity contribution in [2.24, 2.45) is 0 Å². The van der Waals surface area contributed by atoms with Crippen molar-refractivity contribution in [2.45, 2.75) is 51.0 Å². The molecule has 1 aromatic heterocycles. The SMILES string of the molecule is CCNC1CCCc2nc(C3CCOCC3)sc21. The van der Waals surface area contributed by atoms with E-state index in [1.807, 2.05) is 11.3 Å². The van der Waals surface area contributed by atoms with Gasteiger partial charge in [-0.2, -0.15) is 0 Å². The molecular formula is C14H22N2OS. The van der Waals surface area contributed by atoms with Crippen LogP contribution in [0, 0.1) is 0 Å². The molecule has 2 heterocycles. The number of rotatable bonds is 3. The van der Waals surface area contributed by atoms with E-state index in [-0.39, 0.29) is 0 Å². The van der Waals surface area contributed by atoms with Gasteiger partial charge >= 0.3 is 0 Å². The number of fused-ring (bicyclic) bond motifs is 1. The maximum absolute atomic E-state index is 5.45. The van der Waals surface area contributed by atoms with Gasteiger partial charge in [-0.1, -0.05) is 6.92 Å². The van der Waals surface area contributed by atoms with Gasteiger partial charge in [0.15, 0.2) is 0 Å². The highest BCUT2D eigenvalue weighted by atomic mass is 32.1. The molecular weight excluding hydrogens is 244 g/mol. The molecule has 1 N–H and O–H groups in total. The molecule has 0 spiro atoms. The molecule has 1 aromatic rings. The lowest BCUT2D eigenvalue weighted by Crippen LogP contribution is -2.23. The van der Waals surface area contributed by atoms with Crippen molar-refractivity contribution in [3.8, 4) is 0 Å². The summed E-state index contributed by atoms with van der Waals surface area (Å²) in [5, 5.41) is 4.97. The van der Waals surface area contributed by atoms with Crippen LogP contribution in [0.3, 0.4) is 0 Å². The van der Waals surface area contributed by atoms with Crippen molar-refractivity contribution in [1.82, 2.24) is 10.3 Å². The number of nitrogens with zero attached hydrogens (tertiary/aromatic N) is 1. The molecule has 1 aliphatic carbocycles. The summed E-state index contributed by atoms with van der Waals surface area (Å²) in [5.74, 6) is 0.650. The molecule has 4 heteroatoms. The number of thiazole rings is 1. The van der Waals surface area contributed by atoms with Gasteiger partial charge in [-0.05, 0) is 38.6 Å². The highest BCUT2D eigenvalue weighted by molar-refractivity contribution is 7.12. The Morgan fingerprint density at radius 2 is 2.17 bits per heavy atom. The molecule has 3 rings (SSSR count). The van der Waals surface area contributed by atoms with E-state index in [0.29, 0.717) is 12.0 Å². The molecule has 1 atom stereocenters. The minimum Gasteiger partial charge on any atom is -0.381 e. The number of ether oxygens (including phenoxy) is 1. The van der Waals surface area contributed by atoms with Gasteiger partial charge < -0.3 is 10.1 Å². The van der Waals surface area contributed by atoms with Crippen LogP contribution in [-0.2, 0) is 11.2 Å². The molecule has 3 nitrogen and oxygen atoms in total. The predicted molar refractivity (Wildman–Crippen MR) is 74.3 cm³/mol. The molecule has 0 radical (unpaired) electrons. The molecule has 100 valence electrons. The molecule has 0 saturated carbocycles. The Hall–Kier alpha value is -0.450. The van der Waals surface area contributed by atoms with Crippen LogP contribution in [0.1, 0.15) is 60.1 Å². The molecule has 1 saturated heterocycles. The number of aryl methyl sites for hydroxylation is 1. The van der Waals surface area contributed by atoms with Crippen LogP contribution in [0.15, 0.2) is 0 Å². The summed E-state index contributed by atoms with van der Waals surface area (Å²) in [6.07, 6.45) is 6.03. The summed E-state index contributed by atoms with van der Waals surface area (Å²) in [6.45, 7) is 5.06. The minimum absolute atomic E-state index is 0.560. The van der Waals surface area contributed by atoms with E-state index in [9.17, 15) is 0 Å². The lowest BCUT2D eigenvalue weighted by Gasteiger charge is -2.21. The van der Waals surface area contributed by atoms with Crippen LogP contribution in [0.4, 0.5) is 0 Å². The second-order valence-electron chi connectivity index (χ2n) is 5.25. The fraction of sp³-hybridized carbons (Fsp3) is 0.786. The highest BCUT2D eigenvalue weighted by Gasteiger charge is 2.27. The second kappa shape index (κ2) is 5.68. The second-order valence-corrected chi connectivity index (χ2v) is 6.31. The summed E-state index contributed by atoms with van der Waals surface area (Å²) in [4.78, 5) is 6.45. The molecule has 0 amide bonds. The number of hydrogen-bond acceptors (Lipinski definition) is 4. The zero-order valence-corrected chi connectivity index (χ0v) is 11.9. The summed E-state index contributed by atoms with van der Waals surface area (Å²) >= 11 is 1.96. The fourth-order valence-electron chi connectivity index (χ4n) is 3.00. The molecule has 1 fully saturated rings. The lowest BCUT2D eigenvalue weighted by atomic mass is 9.97. The largest absolute Gasteiger partial charge is 0.381 e. The molecule has 1 unspecified atom stereocenters. The van der Waals surface area contributed by atoms with Crippen molar-refractivity contribution in [2.75, 3.05) is 19.8 Å². The van der Waals surface area contributed by atoms with E-state index in [2.05, 4.69) is 12.2 Å². The average molecular weight is 266 g/mol. The van der Waals surface area contributed by atoms with Gasteiger partial charge in [0.05, 0.1) is 10.7 Å². The fourth-order valence-corrected chi connectivity index (χ4v) is 4.39. The maximum Gasteiger partial charge on any atom is 0.0964 e. The van der Waals surface area contributed by atoms with Crippen LogP contribution in [0.5, 0.6) is 0 Å². The van der Waals surface area contributed by atoms with Crippen molar-refractivity contribution < 1.29 is 4.74 Å². The van der Waals surface area contributed by atoms with Crippen LogP contribution in [0.25, 0.3) is 0 Å². The van der Waals surface area contributed by atoms with Crippen LogP contribution in [0.2, 0.25) is 0 Å². The first-order valence-electron chi connectivity index (χ1n) is 7.19. The topological polar surface area (TPSA) is 34.2 Å². The van der Waals surface area contributed by atoms with Gasteiger partial charge in [0.2, 0.25) is 0 Å². The van der Waals surface area contributed by atoms with Crippen LogP contribution in [-0.4, -0.2) is 24.7 Å². The van der Waals surface area contributed by atoms with E-state index in [1.54, 1.807) is 0 Å². The van der Waals surface area contributed by atoms with Crippen molar-refractivity contribution in [3.63, 3.8) is 0 Å². The number of nitrogens with one attached hydrogen (secondary N) is 1. The monoisotopic (exact) mass is 266 g/mol. The van der Waals surface area contributed by atoms with E-state index in [1.165, 1.54) is 34.8 Å². The molecule has 18 heavy (non-hydrogen) atoms.